The first-order valence-corrected chi connectivity index (χ1v) is 9.87. The Hall–Kier alpha value is -2.88. The minimum absolute atomic E-state index is 0.0814. The minimum atomic E-state index is -1.19. The molecule has 1 amide bonds. The zero-order valence-corrected chi connectivity index (χ0v) is 16.5. The second kappa shape index (κ2) is 10.2. The Labute approximate surface area is 173 Å². The van der Waals surface area contributed by atoms with Crippen molar-refractivity contribution in [3.05, 3.63) is 60.0 Å². The number of rotatable bonds is 10. The number of oxazole rings is 1. The third-order valence-corrected chi connectivity index (χ3v) is 4.88. The number of aliphatic hydroxyl groups is 1. The van der Waals surface area contributed by atoms with Gasteiger partial charge < -0.3 is 26.3 Å². The first-order chi connectivity index (χ1) is 14.5. The summed E-state index contributed by atoms with van der Waals surface area (Å²) in [5.41, 5.74) is 13.3. The lowest BCUT2D eigenvalue weighted by atomic mass is 10.00. The van der Waals surface area contributed by atoms with Crippen molar-refractivity contribution in [1.82, 2.24) is 15.3 Å². The van der Waals surface area contributed by atoms with Crippen LogP contribution in [-0.2, 0) is 11.2 Å². The molecule has 160 valence electrons. The number of pyridine rings is 1. The Bertz CT molecular complexity index is 930. The molecule has 0 saturated heterocycles. The van der Waals surface area contributed by atoms with Gasteiger partial charge in [-0.2, -0.15) is 0 Å². The molecule has 6 N–H and O–H groups in total. The van der Waals surface area contributed by atoms with Crippen LogP contribution in [0.1, 0.15) is 36.8 Å². The van der Waals surface area contributed by atoms with Gasteiger partial charge in [-0.1, -0.05) is 12.1 Å². The van der Waals surface area contributed by atoms with Gasteiger partial charge in [0.25, 0.3) is 0 Å². The van der Waals surface area contributed by atoms with E-state index in [1.165, 1.54) is 18.3 Å². The van der Waals surface area contributed by atoms with Crippen molar-refractivity contribution >= 4 is 17.0 Å². The van der Waals surface area contributed by atoms with Crippen LogP contribution in [-0.4, -0.2) is 39.6 Å². The number of nitrogens with two attached hydrogens (primary N) is 2. The molecule has 0 aliphatic rings. The van der Waals surface area contributed by atoms with Gasteiger partial charge in [-0.25, -0.2) is 9.37 Å². The maximum Gasteiger partial charge on any atom is 0.237 e. The molecule has 3 atom stereocenters. The summed E-state index contributed by atoms with van der Waals surface area (Å²) < 4.78 is 18.8. The zero-order chi connectivity index (χ0) is 21.5. The Kier molecular flexibility index (Phi) is 7.45. The highest BCUT2D eigenvalue weighted by atomic mass is 19.1. The number of carbonyl (C=O) groups is 1. The third-order valence-electron chi connectivity index (χ3n) is 4.88. The fraction of sp³-hybridized carbons (Fsp3) is 0.381. The number of aryl methyl sites for hydroxylation is 1. The van der Waals surface area contributed by atoms with Crippen molar-refractivity contribution in [3.63, 3.8) is 0 Å². The summed E-state index contributed by atoms with van der Waals surface area (Å²) in [6.45, 7) is 0.439. The molecule has 2 aromatic heterocycles. The fourth-order valence-corrected chi connectivity index (χ4v) is 3.14. The molecule has 8 nitrogen and oxygen atoms in total. The van der Waals surface area contributed by atoms with Crippen molar-refractivity contribution in [3.8, 4) is 0 Å². The summed E-state index contributed by atoms with van der Waals surface area (Å²) in [6.07, 6.45) is 3.84. The zero-order valence-electron chi connectivity index (χ0n) is 16.5. The van der Waals surface area contributed by atoms with Crippen molar-refractivity contribution in [1.29, 1.82) is 0 Å². The highest BCUT2D eigenvalue weighted by Crippen LogP contribution is 2.24. The normalized spacial score (nSPS) is 14.4. The van der Waals surface area contributed by atoms with E-state index < -0.39 is 18.2 Å². The predicted molar refractivity (Wildman–Crippen MR) is 110 cm³/mol. The van der Waals surface area contributed by atoms with Crippen molar-refractivity contribution in [2.24, 2.45) is 11.5 Å². The maximum absolute atomic E-state index is 13.2. The number of nitrogens with one attached hydrogen (secondary N) is 1. The van der Waals surface area contributed by atoms with Gasteiger partial charge in [0.05, 0.1) is 18.3 Å². The van der Waals surface area contributed by atoms with E-state index in [2.05, 4.69) is 15.3 Å². The van der Waals surface area contributed by atoms with Crippen LogP contribution in [0.2, 0.25) is 0 Å². The van der Waals surface area contributed by atoms with E-state index in [0.29, 0.717) is 43.3 Å². The summed E-state index contributed by atoms with van der Waals surface area (Å²) in [4.78, 5) is 20.8. The number of aliphatic hydroxyl groups excluding tert-OH is 1. The van der Waals surface area contributed by atoms with E-state index in [1.54, 1.807) is 24.4 Å². The van der Waals surface area contributed by atoms with Crippen molar-refractivity contribution in [2.75, 3.05) is 6.54 Å². The largest absolute Gasteiger partial charge is 0.438 e. The molecule has 30 heavy (non-hydrogen) atoms. The Balaban J connectivity index is 1.76. The van der Waals surface area contributed by atoms with E-state index in [1.807, 2.05) is 0 Å². The van der Waals surface area contributed by atoms with Gasteiger partial charge in [-0.05, 0) is 49.9 Å². The number of aromatic nitrogens is 2. The van der Waals surface area contributed by atoms with Crippen LogP contribution in [0.15, 0.2) is 47.1 Å². The summed E-state index contributed by atoms with van der Waals surface area (Å²) >= 11 is 0. The van der Waals surface area contributed by atoms with E-state index in [-0.39, 0.29) is 17.6 Å². The lowest BCUT2D eigenvalue weighted by molar-refractivity contribution is -0.124. The monoisotopic (exact) mass is 415 g/mol. The minimum Gasteiger partial charge on any atom is -0.438 e. The number of benzene rings is 1. The molecular formula is C21H26FN5O3. The predicted octanol–water partition coefficient (Wildman–Crippen LogP) is 1.58. The molecular weight excluding hydrogens is 389 g/mol. The van der Waals surface area contributed by atoms with Gasteiger partial charge in [0.1, 0.15) is 11.3 Å². The summed E-state index contributed by atoms with van der Waals surface area (Å²) in [7, 11) is 0. The highest BCUT2D eigenvalue weighted by Gasteiger charge is 2.28. The van der Waals surface area contributed by atoms with Crippen molar-refractivity contribution < 1.29 is 18.7 Å². The number of hydrogen-bond donors (Lipinski definition) is 4. The van der Waals surface area contributed by atoms with Crippen LogP contribution in [0.5, 0.6) is 0 Å². The first-order valence-electron chi connectivity index (χ1n) is 9.87. The standard InChI is InChI=1S/C21H26FN5O3/c22-14-6-3-13(4-7-14)5-8-16(26-20(29)15(24)2-1-10-23)19(28)21-27-17-12-25-11-9-18(17)30-21/h3-4,6-7,9,11-12,15-16,19,28H,1-2,5,8,10,23-24H2,(H,26,29)/t15-,16-,19-/m1/s1. The molecule has 2 heterocycles. The quantitative estimate of drug-likeness (QED) is 0.394. The van der Waals surface area contributed by atoms with Crippen LogP contribution in [0.4, 0.5) is 4.39 Å². The molecule has 0 fully saturated rings. The molecule has 0 bridgehead atoms. The summed E-state index contributed by atoms with van der Waals surface area (Å²) in [6, 6.07) is 6.28. The topological polar surface area (TPSA) is 140 Å². The molecule has 3 aromatic rings. The van der Waals surface area contributed by atoms with Gasteiger partial charge in [0.15, 0.2) is 11.7 Å². The lowest BCUT2D eigenvalue weighted by Crippen LogP contribution is -2.48. The number of halogens is 1. The number of nitrogens with zero attached hydrogens (tertiary/aromatic N) is 2. The van der Waals surface area contributed by atoms with Crippen LogP contribution >= 0.6 is 0 Å². The van der Waals surface area contributed by atoms with Crippen LogP contribution in [0.3, 0.4) is 0 Å². The fourth-order valence-electron chi connectivity index (χ4n) is 3.14. The van der Waals surface area contributed by atoms with Crippen LogP contribution < -0.4 is 16.8 Å². The molecule has 0 saturated carbocycles. The maximum atomic E-state index is 13.2. The Morgan fingerprint density at radius 3 is 2.70 bits per heavy atom. The molecule has 9 heteroatoms. The molecule has 0 aliphatic heterocycles. The summed E-state index contributed by atoms with van der Waals surface area (Å²) in [5.74, 6) is -0.628. The molecule has 3 rings (SSSR count). The molecule has 0 radical (unpaired) electrons. The van der Waals surface area contributed by atoms with E-state index in [0.717, 1.165) is 5.56 Å². The average molecular weight is 415 g/mol. The van der Waals surface area contributed by atoms with Gasteiger partial charge in [-0.15, -0.1) is 0 Å². The number of hydrogen-bond acceptors (Lipinski definition) is 7. The molecule has 1 aromatic carbocycles. The van der Waals surface area contributed by atoms with Gasteiger partial charge >= 0.3 is 0 Å². The second-order valence-corrected chi connectivity index (χ2v) is 7.16. The van der Waals surface area contributed by atoms with Gasteiger partial charge in [-0.3, -0.25) is 9.78 Å². The van der Waals surface area contributed by atoms with Gasteiger partial charge in [0, 0.05) is 12.3 Å². The van der Waals surface area contributed by atoms with Crippen LogP contribution in [0.25, 0.3) is 11.1 Å². The highest BCUT2D eigenvalue weighted by molar-refractivity contribution is 5.81. The number of fused-ring (bicyclic) bond motifs is 1. The molecule has 0 aliphatic carbocycles. The molecule has 0 unspecified atom stereocenters. The number of carbonyl (C=O) groups excluding carboxylic acids is 1. The van der Waals surface area contributed by atoms with Gasteiger partial charge in [0.2, 0.25) is 11.8 Å². The van der Waals surface area contributed by atoms with E-state index in [9.17, 15) is 14.3 Å². The third kappa shape index (κ3) is 5.59. The van der Waals surface area contributed by atoms with Crippen LogP contribution in [0, 0.1) is 5.82 Å². The van der Waals surface area contributed by atoms with E-state index >= 15 is 0 Å². The smallest absolute Gasteiger partial charge is 0.237 e. The average Bonchev–Trinajstić information content (AvgIpc) is 3.19. The number of amides is 1. The molecule has 0 spiro atoms. The second-order valence-electron chi connectivity index (χ2n) is 7.16. The Morgan fingerprint density at radius 2 is 2.00 bits per heavy atom. The Morgan fingerprint density at radius 1 is 1.23 bits per heavy atom. The summed E-state index contributed by atoms with van der Waals surface area (Å²) in [5, 5.41) is 13.7. The van der Waals surface area contributed by atoms with Crippen molar-refractivity contribution in [2.45, 2.75) is 43.9 Å². The first kappa shape index (κ1) is 21.8. The lowest BCUT2D eigenvalue weighted by Gasteiger charge is -2.24. The SMILES string of the molecule is NCCC[C@@H](N)C(=O)N[C@H](CCc1ccc(F)cc1)[C@@H](O)c1nc2cnccc2o1. The van der Waals surface area contributed by atoms with E-state index in [4.69, 9.17) is 15.9 Å².